The zero-order chi connectivity index (χ0) is 22.0. The van der Waals surface area contributed by atoms with Crippen molar-refractivity contribution in [3.63, 3.8) is 0 Å². The molecule has 162 valence electrons. The smallest absolute Gasteiger partial charge is 0.238 e. The molecule has 0 fully saturated rings. The van der Waals surface area contributed by atoms with Crippen LogP contribution < -0.4 is 14.8 Å². The highest BCUT2D eigenvalue weighted by Crippen LogP contribution is 2.42. The van der Waals surface area contributed by atoms with Crippen molar-refractivity contribution in [2.45, 2.75) is 12.5 Å². The first kappa shape index (κ1) is 21.3. The van der Waals surface area contributed by atoms with Crippen LogP contribution in [0.3, 0.4) is 0 Å². The summed E-state index contributed by atoms with van der Waals surface area (Å²) in [5, 5.41) is 4.66. The summed E-state index contributed by atoms with van der Waals surface area (Å²) in [4.78, 5) is 15.9. The molecule has 0 saturated heterocycles. The van der Waals surface area contributed by atoms with Crippen molar-refractivity contribution < 1.29 is 23.0 Å². The van der Waals surface area contributed by atoms with Crippen LogP contribution in [0, 0.1) is 11.6 Å². The summed E-state index contributed by atoms with van der Waals surface area (Å²) < 4.78 is 37.6. The van der Waals surface area contributed by atoms with Crippen molar-refractivity contribution in [3.05, 3.63) is 75.5 Å². The van der Waals surface area contributed by atoms with Gasteiger partial charge in [0, 0.05) is 23.2 Å². The number of halogens is 2. The van der Waals surface area contributed by atoms with E-state index in [1.54, 1.807) is 25.6 Å². The average molecular weight is 445 g/mol. The standard InChI is InChI=1S/C23H22F2N2O3S/c1-29-19-10-14-7-8-27(13-22(28)26-15-5-6-17(24)18(25)11-15)23(21-4-3-9-31-21)16(14)12-20(19)30-2/h3-6,9-12,23H,7-8,13H2,1-2H3,(H,26,28). The molecule has 1 aliphatic rings. The Kier molecular flexibility index (Phi) is 6.20. The van der Waals surface area contributed by atoms with E-state index >= 15 is 0 Å². The van der Waals surface area contributed by atoms with Crippen molar-refractivity contribution in [2.24, 2.45) is 0 Å². The number of hydrogen-bond acceptors (Lipinski definition) is 5. The molecule has 1 unspecified atom stereocenters. The molecule has 0 aliphatic carbocycles. The summed E-state index contributed by atoms with van der Waals surface area (Å²) >= 11 is 1.62. The molecular formula is C23H22F2N2O3S. The molecule has 0 radical (unpaired) electrons. The summed E-state index contributed by atoms with van der Waals surface area (Å²) in [6.07, 6.45) is 0.746. The van der Waals surface area contributed by atoms with Crippen molar-refractivity contribution in [1.82, 2.24) is 4.90 Å². The van der Waals surface area contributed by atoms with E-state index in [-0.39, 0.29) is 24.2 Å². The maximum Gasteiger partial charge on any atom is 0.238 e. The van der Waals surface area contributed by atoms with E-state index in [1.807, 2.05) is 29.6 Å². The van der Waals surface area contributed by atoms with Gasteiger partial charge in [0.1, 0.15) is 0 Å². The van der Waals surface area contributed by atoms with Gasteiger partial charge in [0.2, 0.25) is 5.91 Å². The van der Waals surface area contributed by atoms with E-state index in [1.165, 1.54) is 6.07 Å². The van der Waals surface area contributed by atoms with Crippen molar-refractivity contribution in [1.29, 1.82) is 0 Å². The van der Waals surface area contributed by atoms with Gasteiger partial charge in [0.05, 0.1) is 26.8 Å². The van der Waals surface area contributed by atoms with E-state index in [9.17, 15) is 13.6 Å². The molecule has 5 nitrogen and oxygen atoms in total. The lowest BCUT2D eigenvalue weighted by Gasteiger charge is -2.37. The monoisotopic (exact) mass is 444 g/mol. The molecular weight excluding hydrogens is 422 g/mol. The third kappa shape index (κ3) is 4.40. The van der Waals surface area contributed by atoms with Crippen molar-refractivity contribution >= 4 is 22.9 Å². The van der Waals surface area contributed by atoms with Gasteiger partial charge in [0.15, 0.2) is 23.1 Å². The van der Waals surface area contributed by atoms with Gasteiger partial charge in [-0.2, -0.15) is 0 Å². The maximum atomic E-state index is 13.5. The second kappa shape index (κ2) is 9.03. The lowest BCUT2D eigenvalue weighted by Crippen LogP contribution is -2.40. The number of amides is 1. The van der Waals surface area contributed by atoms with Gasteiger partial charge in [-0.3, -0.25) is 9.69 Å². The first-order valence-corrected chi connectivity index (χ1v) is 10.6. The van der Waals surface area contributed by atoms with Crippen LogP contribution in [0.5, 0.6) is 11.5 Å². The maximum absolute atomic E-state index is 13.5. The fraction of sp³-hybridized carbons (Fsp3) is 0.261. The number of benzene rings is 2. The van der Waals surface area contributed by atoms with E-state index in [4.69, 9.17) is 9.47 Å². The molecule has 1 atom stereocenters. The third-order valence-corrected chi connectivity index (χ3v) is 6.26. The Morgan fingerprint density at radius 1 is 1.13 bits per heavy atom. The predicted molar refractivity (Wildman–Crippen MR) is 116 cm³/mol. The molecule has 1 aromatic heterocycles. The molecule has 8 heteroatoms. The van der Waals surface area contributed by atoms with Crippen LogP contribution in [0.4, 0.5) is 14.5 Å². The molecule has 4 rings (SSSR count). The number of anilines is 1. The fourth-order valence-electron chi connectivity index (χ4n) is 3.91. The number of methoxy groups -OCH3 is 2. The Hall–Kier alpha value is -2.97. The molecule has 0 bridgehead atoms. The molecule has 3 aromatic rings. The second-order valence-electron chi connectivity index (χ2n) is 7.22. The molecule has 31 heavy (non-hydrogen) atoms. The highest BCUT2D eigenvalue weighted by Gasteiger charge is 2.32. The molecule has 1 amide bonds. The Morgan fingerprint density at radius 3 is 2.58 bits per heavy atom. The van der Waals surface area contributed by atoms with E-state index in [0.717, 1.165) is 34.6 Å². The minimum absolute atomic E-state index is 0.106. The summed E-state index contributed by atoms with van der Waals surface area (Å²) in [5.74, 6) is -0.932. The molecule has 0 spiro atoms. The van der Waals surface area contributed by atoms with Crippen LogP contribution in [0.2, 0.25) is 0 Å². The number of carbonyl (C=O) groups excluding carboxylic acids is 1. The summed E-state index contributed by atoms with van der Waals surface area (Å²) in [5.41, 5.74) is 2.43. The van der Waals surface area contributed by atoms with Gasteiger partial charge in [-0.05, 0) is 53.3 Å². The number of fused-ring (bicyclic) bond motifs is 1. The van der Waals surface area contributed by atoms with Crippen LogP contribution in [-0.4, -0.2) is 38.1 Å². The highest BCUT2D eigenvalue weighted by molar-refractivity contribution is 7.10. The predicted octanol–water partition coefficient (Wildman–Crippen LogP) is 4.63. The number of nitrogens with one attached hydrogen (secondary N) is 1. The van der Waals surface area contributed by atoms with Crippen molar-refractivity contribution in [3.8, 4) is 11.5 Å². The Labute approximate surface area is 183 Å². The number of rotatable bonds is 6. The van der Waals surface area contributed by atoms with Crippen molar-refractivity contribution in [2.75, 3.05) is 32.6 Å². The van der Waals surface area contributed by atoms with Gasteiger partial charge < -0.3 is 14.8 Å². The third-order valence-electron chi connectivity index (χ3n) is 5.34. The highest BCUT2D eigenvalue weighted by atomic mass is 32.1. The first-order valence-electron chi connectivity index (χ1n) is 9.77. The number of hydrogen-bond donors (Lipinski definition) is 1. The number of ether oxygens (including phenoxy) is 2. The number of carbonyl (C=O) groups is 1. The van der Waals surface area contributed by atoms with Crippen LogP contribution in [0.15, 0.2) is 47.8 Å². The quantitative estimate of drug-likeness (QED) is 0.602. The first-order chi connectivity index (χ1) is 15.0. The van der Waals surface area contributed by atoms with E-state index in [2.05, 4.69) is 10.2 Å². The van der Waals surface area contributed by atoms with Crippen LogP contribution in [-0.2, 0) is 11.2 Å². The molecule has 2 heterocycles. The van der Waals surface area contributed by atoms with Gasteiger partial charge in [-0.1, -0.05) is 6.07 Å². The van der Waals surface area contributed by atoms with Gasteiger partial charge >= 0.3 is 0 Å². The lowest BCUT2D eigenvalue weighted by molar-refractivity contribution is -0.117. The zero-order valence-electron chi connectivity index (χ0n) is 17.2. The minimum atomic E-state index is -0.998. The largest absolute Gasteiger partial charge is 0.493 e. The SMILES string of the molecule is COc1cc2c(cc1OC)C(c1cccs1)N(CC(=O)Nc1ccc(F)c(F)c1)CC2. The van der Waals surface area contributed by atoms with Gasteiger partial charge in [-0.15, -0.1) is 11.3 Å². The molecule has 0 saturated carbocycles. The van der Waals surface area contributed by atoms with Crippen LogP contribution in [0.25, 0.3) is 0 Å². The second-order valence-corrected chi connectivity index (χ2v) is 8.20. The number of thiophene rings is 1. The van der Waals surface area contributed by atoms with E-state index < -0.39 is 11.6 Å². The topological polar surface area (TPSA) is 50.8 Å². The lowest BCUT2D eigenvalue weighted by atomic mass is 9.91. The summed E-state index contributed by atoms with van der Waals surface area (Å²) in [7, 11) is 3.21. The van der Waals surface area contributed by atoms with Crippen LogP contribution in [0.1, 0.15) is 22.0 Å². The fourth-order valence-corrected chi connectivity index (χ4v) is 4.78. The normalized spacial score (nSPS) is 15.9. The Morgan fingerprint density at radius 2 is 1.90 bits per heavy atom. The van der Waals surface area contributed by atoms with E-state index in [0.29, 0.717) is 18.0 Å². The Balaban J connectivity index is 1.62. The number of nitrogens with zero attached hydrogens (tertiary/aromatic N) is 1. The molecule has 2 aromatic carbocycles. The average Bonchev–Trinajstić information content (AvgIpc) is 3.29. The summed E-state index contributed by atoms with van der Waals surface area (Å²) in [6.45, 7) is 0.769. The van der Waals surface area contributed by atoms with Crippen LogP contribution >= 0.6 is 11.3 Å². The molecule has 1 aliphatic heterocycles. The zero-order valence-corrected chi connectivity index (χ0v) is 18.0. The summed E-state index contributed by atoms with van der Waals surface area (Å²) in [6, 6.07) is 11.2. The minimum Gasteiger partial charge on any atom is -0.493 e. The van der Waals surface area contributed by atoms with Gasteiger partial charge in [-0.25, -0.2) is 8.78 Å². The Bertz CT molecular complexity index is 1090. The molecule has 1 N–H and O–H groups in total. The van der Waals surface area contributed by atoms with Gasteiger partial charge in [0.25, 0.3) is 0 Å².